The molecule has 22 rings (SSSR count). The van der Waals surface area contributed by atoms with E-state index in [1.807, 2.05) is 0 Å². The van der Waals surface area contributed by atoms with Crippen LogP contribution in [0.15, 0.2) is 376 Å². The van der Waals surface area contributed by atoms with Crippen molar-refractivity contribution in [1.82, 2.24) is 0 Å². The minimum atomic E-state index is -1.51. The Morgan fingerprint density at radius 1 is 0.208 bits per heavy atom. The predicted octanol–water partition coefficient (Wildman–Crippen LogP) is 35.6. The summed E-state index contributed by atoms with van der Waals surface area (Å²) in [5, 5.41) is 22.4. The van der Waals surface area contributed by atoms with E-state index in [2.05, 4.69) is 490 Å². The standard InChI is InChI=1S/C62H48N2O.C60H60N2OSi2/c1-39(2)43-25-29-52-55-37-58-53-30-28-50(63(46-19-7-5-8-20-46)48-26-23-41-15-11-13-17-44(41)33-48)36-60(53)65-62-51(40(3)4)31-32-54(61(58)62)56(55)38-59(57(52)35-43)64(47-21-9-6-10-22-47)49-27-24-42-16-12-14-18-45(42)34-49;1-39(2)41-21-31-50-52(33-41)53-37-56-51-32-26-47(61(43-17-13-11-14-18-43)45-22-27-48(28-23-45)64(5,6)7)36-58(51)63-59-35-42(40(3)4)34-55(60(56)59)54(53)38-57(50)62(44-19-15-12-16-20-44)46-24-29-49(30-25-46)65(8,9)10/h5-40H,1-4H3;11-40H,1-10H3. The number of anilines is 12. The van der Waals surface area contributed by atoms with Gasteiger partial charge < -0.3 is 29.1 Å². The summed E-state index contributed by atoms with van der Waals surface area (Å²) in [6, 6.07) is 139. The number of rotatable bonds is 18. The van der Waals surface area contributed by atoms with Gasteiger partial charge in [-0.3, -0.25) is 0 Å². The summed E-state index contributed by atoms with van der Waals surface area (Å²) < 4.78 is 14.5. The summed E-state index contributed by atoms with van der Waals surface area (Å²) in [6.07, 6.45) is 0. The zero-order valence-corrected chi connectivity index (χ0v) is 78.7. The molecule has 8 heteroatoms. The molecule has 2 heterocycles. The monoisotopic (exact) mass is 1720 g/mol. The Labute approximate surface area is 766 Å². The van der Waals surface area contributed by atoms with Crippen molar-refractivity contribution in [2.45, 2.75) is 118 Å². The lowest BCUT2D eigenvalue weighted by atomic mass is 9.85. The first-order valence-corrected chi connectivity index (χ1v) is 53.3. The van der Waals surface area contributed by atoms with Gasteiger partial charge in [0.1, 0.15) is 23.0 Å². The fraction of sp³-hybridized carbons (Fsp3) is 0.148. The molecule has 0 atom stereocenters. The van der Waals surface area contributed by atoms with Gasteiger partial charge in [0.05, 0.1) is 27.5 Å². The highest BCUT2D eigenvalue weighted by Crippen LogP contribution is 2.58. The molecule has 0 spiro atoms. The topological polar surface area (TPSA) is 31.4 Å². The molecule has 636 valence electrons. The Hall–Kier alpha value is -14.3. The number of hydrogen-bond donors (Lipinski definition) is 0. The van der Waals surface area contributed by atoms with Gasteiger partial charge in [0.15, 0.2) is 0 Å². The zero-order valence-electron chi connectivity index (χ0n) is 76.7. The van der Waals surface area contributed by atoms with Crippen LogP contribution in [0.4, 0.5) is 68.2 Å². The highest BCUT2D eigenvalue weighted by Gasteiger charge is 2.33. The normalized spacial score (nSPS) is 12.3. The number of nitrogens with zero attached hydrogens (tertiary/aromatic N) is 4. The molecule has 0 fully saturated rings. The van der Waals surface area contributed by atoms with Gasteiger partial charge >= 0.3 is 0 Å². The molecule has 0 saturated heterocycles. The maximum Gasteiger partial charge on any atom is 0.139 e. The second-order valence-electron chi connectivity index (χ2n) is 38.8. The van der Waals surface area contributed by atoms with Gasteiger partial charge in [-0.2, -0.15) is 0 Å². The van der Waals surface area contributed by atoms with Crippen molar-refractivity contribution in [1.29, 1.82) is 0 Å². The minimum Gasteiger partial charge on any atom is -0.456 e. The first kappa shape index (κ1) is 82.7. The van der Waals surface area contributed by atoms with Crippen LogP contribution in [-0.2, 0) is 0 Å². The largest absolute Gasteiger partial charge is 0.456 e. The van der Waals surface area contributed by atoms with E-state index in [1.54, 1.807) is 0 Å². The number of benzene rings is 20. The third kappa shape index (κ3) is 15.0. The van der Waals surface area contributed by atoms with E-state index in [0.717, 1.165) is 96.7 Å². The summed E-state index contributed by atoms with van der Waals surface area (Å²) in [4.78, 5) is 9.61. The highest BCUT2D eigenvalue weighted by molar-refractivity contribution is 6.89. The van der Waals surface area contributed by atoms with Crippen LogP contribution in [0.5, 0.6) is 23.0 Å². The van der Waals surface area contributed by atoms with Crippen molar-refractivity contribution >= 4 is 181 Å². The molecule has 0 unspecified atom stereocenters. The van der Waals surface area contributed by atoms with Gasteiger partial charge in [-0.25, -0.2) is 0 Å². The molecule has 0 saturated carbocycles. The second kappa shape index (κ2) is 33.1. The second-order valence-corrected chi connectivity index (χ2v) is 49.0. The lowest BCUT2D eigenvalue weighted by molar-refractivity contribution is 0.478. The van der Waals surface area contributed by atoms with Gasteiger partial charge in [0, 0.05) is 102 Å². The quantitative estimate of drug-likeness (QED) is 0.0629. The van der Waals surface area contributed by atoms with Crippen LogP contribution in [0.3, 0.4) is 0 Å². The summed E-state index contributed by atoms with van der Waals surface area (Å²) in [6.45, 7) is 32.8. The van der Waals surface area contributed by atoms with Crippen LogP contribution in [0, 0.1) is 0 Å². The molecule has 0 aromatic heterocycles. The van der Waals surface area contributed by atoms with E-state index in [0.29, 0.717) is 17.8 Å². The predicted molar refractivity (Wildman–Crippen MR) is 565 cm³/mol. The molecule has 0 bridgehead atoms. The van der Waals surface area contributed by atoms with Gasteiger partial charge in [-0.05, 0) is 285 Å². The van der Waals surface area contributed by atoms with E-state index in [4.69, 9.17) is 9.47 Å². The Morgan fingerprint density at radius 3 is 1.06 bits per heavy atom. The molecular formula is C122H108N4O2Si2. The van der Waals surface area contributed by atoms with Crippen molar-refractivity contribution in [3.8, 4) is 45.3 Å². The van der Waals surface area contributed by atoms with Gasteiger partial charge in [-0.15, -0.1) is 0 Å². The minimum absolute atomic E-state index is 0.254. The van der Waals surface area contributed by atoms with Crippen molar-refractivity contribution < 1.29 is 9.47 Å². The van der Waals surface area contributed by atoms with Gasteiger partial charge in [0.2, 0.25) is 0 Å². The molecule has 0 aliphatic carbocycles. The Bertz CT molecular complexity index is 7810. The summed E-state index contributed by atoms with van der Waals surface area (Å²) >= 11 is 0. The van der Waals surface area contributed by atoms with Crippen LogP contribution >= 0.6 is 0 Å². The fourth-order valence-electron chi connectivity index (χ4n) is 19.8. The molecule has 20 aromatic rings. The van der Waals surface area contributed by atoms with Crippen LogP contribution in [0.25, 0.3) is 108 Å². The van der Waals surface area contributed by atoms with E-state index in [9.17, 15) is 0 Å². The molecule has 2 aliphatic heterocycles. The highest BCUT2D eigenvalue weighted by atomic mass is 28.3. The van der Waals surface area contributed by atoms with Crippen LogP contribution in [0.2, 0.25) is 39.3 Å². The number of ether oxygens (including phenoxy) is 2. The lowest BCUT2D eigenvalue weighted by Crippen LogP contribution is -2.37. The Kier molecular flexibility index (Phi) is 21.0. The average Bonchev–Trinajstić information content (AvgIpc) is 0.708. The molecule has 130 heavy (non-hydrogen) atoms. The molecule has 0 radical (unpaired) electrons. The fourth-order valence-corrected chi connectivity index (χ4v) is 22.2. The zero-order chi connectivity index (χ0) is 89.1. The van der Waals surface area contributed by atoms with Crippen molar-refractivity contribution in [3.05, 3.63) is 398 Å². The van der Waals surface area contributed by atoms with Gasteiger partial charge in [0.25, 0.3) is 0 Å². The molecule has 20 aromatic carbocycles. The Morgan fingerprint density at radius 2 is 0.562 bits per heavy atom. The van der Waals surface area contributed by atoms with Crippen molar-refractivity contribution in [3.63, 3.8) is 0 Å². The Balaban J connectivity index is 0.000000157. The lowest BCUT2D eigenvalue weighted by Gasteiger charge is -2.30. The average molecular weight is 1720 g/mol. The van der Waals surface area contributed by atoms with Crippen LogP contribution in [0.1, 0.15) is 101 Å². The van der Waals surface area contributed by atoms with Crippen molar-refractivity contribution in [2.75, 3.05) is 19.6 Å². The SMILES string of the molecule is CC(C)c1ccc2c(N(c3ccccc3)c3ccc([Si](C)(C)C)cc3)cc3c4cc(C(C)C)cc5c4c(cc3c2c1)-c1ccc(N(c2ccccc2)c2ccc([Si](C)(C)C)cc2)cc1O5.CC(C)c1ccc2c(c1)c(N(c1ccccc1)c1ccc3ccccc3c1)cc1c3ccc(C(C)C)c4c3c(cc21)-c1ccc(N(c2ccccc2)c2ccc3ccccc3c2)cc1O4. The van der Waals surface area contributed by atoms with Crippen LogP contribution < -0.4 is 39.4 Å². The third-order valence-electron chi connectivity index (χ3n) is 27.0. The van der Waals surface area contributed by atoms with Crippen LogP contribution in [-0.4, -0.2) is 16.1 Å². The summed E-state index contributed by atoms with van der Waals surface area (Å²) in [5.74, 6) is 4.90. The van der Waals surface area contributed by atoms with Gasteiger partial charge in [-0.1, -0.05) is 305 Å². The van der Waals surface area contributed by atoms with Crippen molar-refractivity contribution in [2.24, 2.45) is 0 Å². The number of hydrogen-bond acceptors (Lipinski definition) is 6. The molecule has 0 amide bonds. The van der Waals surface area contributed by atoms with E-state index >= 15 is 0 Å². The number of fused-ring (bicyclic) bond motifs is 14. The third-order valence-corrected chi connectivity index (χ3v) is 31.1. The number of para-hydroxylation sites is 4. The first-order valence-electron chi connectivity index (χ1n) is 46.3. The summed E-state index contributed by atoms with van der Waals surface area (Å²) in [5.41, 5.74) is 23.1. The molecule has 0 N–H and O–H groups in total. The van der Waals surface area contributed by atoms with E-state index < -0.39 is 16.1 Å². The molecule has 6 nitrogen and oxygen atoms in total. The first-order chi connectivity index (χ1) is 63.0. The van der Waals surface area contributed by atoms with E-state index in [1.165, 1.54) is 136 Å². The smallest absolute Gasteiger partial charge is 0.139 e. The molecule has 2 aliphatic rings. The maximum atomic E-state index is 7.27. The molecular weight excluding hydrogens is 1610 g/mol. The maximum absolute atomic E-state index is 7.27. The summed E-state index contributed by atoms with van der Waals surface area (Å²) in [7, 11) is -2.98. The van der Waals surface area contributed by atoms with E-state index in [-0.39, 0.29) is 5.92 Å².